The number of thioether (sulfide) groups is 1. The van der Waals surface area contributed by atoms with Gasteiger partial charge < -0.3 is 15.0 Å². The second kappa shape index (κ2) is 13.1. The third-order valence-electron chi connectivity index (χ3n) is 7.59. The van der Waals surface area contributed by atoms with E-state index >= 15 is 0 Å². The predicted octanol–water partition coefficient (Wildman–Crippen LogP) is 8.43. The molecular weight excluding hydrogens is 620 g/mol. The summed E-state index contributed by atoms with van der Waals surface area (Å²) >= 11 is 1.50. The summed E-state index contributed by atoms with van der Waals surface area (Å²) in [6, 6.07) is 17.0. The smallest absolute Gasteiger partial charge is 0.406 e. The molecule has 1 atom stereocenters. The Morgan fingerprint density at radius 3 is 2.41 bits per heavy atom. The first-order valence-corrected chi connectivity index (χ1v) is 15.7. The Labute approximate surface area is 268 Å². The Bertz CT molecular complexity index is 1720. The number of amidine groups is 1. The fourth-order valence-corrected chi connectivity index (χ4v) is 6.36. The molecule has 5 rings (SSSR count). The molecule has 1 N–H and O–H groups in total. The summed E-state index contributed by atoms with van der Waals surface area (Å²) in [6.07, 6.45) is -2.40. The van der Waals surface area contributed by atoms with Crippen molar-refractivity contribution in [3.05, 3.63) is 90.0 Å². The van der Waals surface area contributed by atoms with Crippen LogP contribution in [0.4, 0.5) is 28.0 Å². The number of alkyl halides is 3. The van der Waals surface area contributed by atoms with Crippen LogP contribution in [0.1, 0.15) is 58.1 Å². The standard InChI is InChI=1S/C33H34F4N6O2S/c1-20(2)27-18-24(34)10-15-28(27)43-21(3)16-17-46-31(43)39-30(44)40-32(4,5)23-8-6-22(7-9-23)29-38-19-42(41-29)25-11-13-26(14-12-25)45-33(35,36)37/h6-15,18-21H,16-17H2,1-5H3,(H,40,44)/b39-31-. The molecule has 1 aliphatic rings. The molecule has 2 heterocycles. The van der Waals surface area contributed by atoms with Gasteiger partial charge in [0.25, 0.3) is 0 Å². The molecule has 1 aromatic heterocycles. The first-order valence-electron chi connectivity index (χ1n) is 14.7. The first-order chi connectivity index (χ1) is 21.7. The molecule has 3 aromatic carbocycles. The van der Waals surface area contributed by atoms with Crippen molar-refractivity contribution in [1.82, 2.24) is 20.1 Å². The van der Waals surface area contributed by atoms with Crippen LogP contribution in [0.2, 0.25) is 0 Å². The molecule has 1 unspecified atom stereocenters. The minimum atomic E-state index is -4.77. The Kier molecular flexibility index (Phi) is 9.43. The zero-order valence-electron chi connectivity index (χ0n) is 26.0. The lowest BCUT2D eigenvalue weighted by Crippen LogP contribution is -2.44. The fraction of sp³-hybridized carbons (Fsp3) is 0.333. The lowest BCUT2D eigenvalue weighted by atomic mass is 9.93. The lowest BCUT2D eigenvalue weighted by molar-refractivity contribution is -0.274. The third-order valence-corrected chi connectivity index (χ3v) is 8.58. The maximum Gasteiger partial charge on any atom is 0.573 e. The molecule has 0 aliphatic carbocycles. The van der Waals surface area contributed by atoms with Crippen molar-refractivity contribution >= 4 is 28.6 Å². The SMILES string of the molecule is CC(C)c1cc(F)ccc1N1/C(=N/C(=O)NC(C)(C)c2ccc(-c3ncn(-c4ccc(OC(F)(F)F)cc4)n3)cc2)SCCC1C. The molecule has 0 spiro atoms. The Morgan fingerprint density at radius 2 is 1.76 bits per heavy atom. The van der Waals surface area contributed by atoms with Gasteiger partial charge in [-0.25, -0.2) is 18.9 Å². The molecule has 1 fully saturated rings. The highest BCUT2D eigenvalue weighted by Crippen LogP contribution is 2.35. The van der Waals surface area contributed by atoms with Crippen LogP contribution in [-0.2, 0) is 5.54 Å². The van der Waals surface area contributed by atoms with Gasteiger partial charge in [-0.15, -0.1) is 18.3 Å². The van der Waals surface area contributed by atoms with Crippen LogP contribution in [0.25, 0.3) is 17.1 Å². The van der Waals surface area contributed by atoms with Crippen LogP contribution in [0.3, 0.4) is 0 Å². The molecule has 0 radical (unpaired) electrons. The van der Waals surface area contributed by atoms with Crippen molar-refractivity contribution in [2.45, 2.75) is 64.9 Å². The number of hydrogen-bond donors (Lipinski definition) is 1. The molecule has 4 aromatic rings. The summed E-state index contributed by atoms with van der Waals surface area (Å²) in [5.74, 6) is 0.686. The van der Waals surface area contributed by atoms with Gasteiger partial charge in [0.15, 0.2) is 11.0 Å². The second-order valence-electron chi connectivity index (χ2n) is 11.8. The predicted molar refractivity (Wildman–Crippen MR) is 172 cm³/mol. The zero-order chi connectivity index (χ0) is 33.2. The number of urea groups is 1. The molecule has 1 aliphatic heterocycles. The molecule has 0 bridgehead atoms. The summed E-state index contributed by atoms with van der Waals surface area (Å²) in [7, 11) is 0. The number of carbonyl (C=O) groups excluding carboxylic acids is 1. The summed E-state index contributed by atoms with van der Waals surface area (Å²) in [5, 5.41) is 8.03. The molecule has 46 heavy (non-hydrogen) atoms. The van der Waals surface area contributed by atoms with E-state index in [4.69, 9.17) is 0 Å². The van der Waals surface area contributed by atoms with Gasteiger partial charge in [-0.2, -0.15) is 4.99 Å². The highest BCUT2D eigenvalue weighted by molar-refractivity contribution is 8.14. The van der Waals surface area contributed by atoms with Crippen LogP contribution in [0.5, 0.6) is 5.75 Å². The second-order valence-corrected chi connectivity index (χ2v) is 12.9. The molecule has 0 saturated carbocycles. The number of aromatic nitrogens is 3. The van der Waals surface area contributed by atoms with Crippen LogP contribution >= 0.6 is 11.8 Å². The van der Waals surface area contributed by atoms with Crippen LogP contribution in [-0.4, -0.2) is 44.1 Å². The van der Waals surface area contributed by atoms with Gasteiger partial charge in [0.1, 0.15) is 17.9 Å². The van der Waals surface area contributed by atoms with E-state index in [0.717, 1.165) is 29.0 Å². The number of nitrogens with zero attached hydrogens (tertiary/aromatic N) is 5. The van der Waals surface area contributed by atoms with E-state index < -0.39 is 17.9 Å². The van der Waals surface area contributed by atoms with Gasteiger partial charge in [-0.3, -0.25) is 0 Å². The van der Waals surface area contributed by atoms with Crippen LogP contribution in [0.15, 0.2) is 78.0 Å². The van der Waals surface area contributed by atoms with Gasteiger partial charge in [0.05, 0.1) is 11.2 Å². The number of amides is 2. The number of rotatable bonds is 7. The van der Waals surface area contributed by atoms with Gasteiger partial charge in [0, 0.05) is 23.0 Å². The molecule has 13 heteroatoms. The highest BCUT2D eigenvalue weighted by atomic mass is 32.2. The van der Waals surface area contributed by atoms with E-state index in [2.05, 4.69) is 32.1 Å². The lowest BCUT2D eigenvalue weighted by Gasteiger charge is -2.37. The average molecular weight is 655 g/mol. The van der Waals surface area contributed by atoms with E-state index in [-0.39, 0.29) is 23.5 Å². The van der Waals surface area contributed by atoms with E-state index in [1.54, 1.807) is 12.1 Å². The van der Waals surface area contributed by atoms with Crippen molar-refractivity contribution in [1.29, 1.82) is 0 Å². The minimum Gasteiger partial charge on any atom is -0.406 e. The highest BCUT2D eigenvalue weighted by Gasteiger charge is 2.32. The topological polar surface area (TPSA) is 84.6 Å². The number of ether oxygens (including phenoxy) is 1. The third kappa shape index (κ3) is 7.69. The van der Waals surface area contributed by atoms with Crippen molar-refractivity contribution in [2.24, 2.45) is 4.99 Å². The first kappa shape index (κ1) is 33.0. The van der Waals surface area contributed by atoms with E-state index in [1.165, 1.54) is 53.1 Å². The largest absolute Gasteiger partial charge is 0.573 e. The van der Waals surface area contributed by atoms with E-state index in [0.29, 0.717) is 22.2 Å². The summed E-state index contributed by atoms with van der Waals surface area (Å²) < 4.78 is 56.9. The van der Waals surface area contributed by atoms with Crippen LogP contribution < -0.4 is 15.0 Å². The summed E-state index contributed by atoms with van der Waals surface area (Å²) in [5.41, 5.74) is 2.98. The molecule has 2 amide bonds. The van der Waals surface area contributed by atoms with Gasteiger partial charge in [-0.05, 0) is 86.7 Å². The number of hydrogen-bond acceptors (Lipinski definition) is 5. The number of anilines is 1. The van der Waals surface area contributed by atoms with Crippen molar-refractivity contribution in [2.75, 3.05) is 10.7 Å². The number of aliphatic imine (C=N–C) groups is 1. The zero-order valence-corrected chi connectivity index (χ0v) is 26.8. The normalized spacial score (nSPS) is 16.6. The molecule has 8 nitrogen and oxygen atoms in total. The Balaban J connectivity index is 1.29. The number of halogens is 4. The maximum absolute atomic E-state index is 14.1. The van der Waals surface area contributed by atoms with Gasteiger partial charge in [-0.1, -0.05) is 49.9 Å². The van der Waals surface area contributed by atoms with E-state index in [1.807, 2.05) is 56.9 Å². The summed E-state index contributed by atoms with van der Waals surface area (Å²) in [6.45, 7) is 9.86. The van der Waals surface area contributed by atoms with Gasteiger partial charge in [0.2, 0.25) is 0 Å². The minimum absolute atomic E-state index is 0.0798. The maximum atomic E-state index is 14.1. The fourth-order valence-electron chi connectivity index (χ4n) is 5.15. The Hall–Kier alpha value is -4.39. The Morgan fingerprint density at radius 1 is 1.07 bits per heavy atom. The molecule has 1 saturated heterocycles. The molecule has 242 valence electrons. The monoisotopic (exact) mass is 654 g/mol. The van der Waals surface area contributed by atoms with Crippen LogP contribution in [0, 0.1) is 5.82 Å². The van der Waals surface area contributed by atoms with Crippen molar-refractivity contribution < 1.29 is 27.1 Å². The quantitative estimate of drug-likeness (QED) is 0.202. The van der Waals surface area contributed by atoms with E-state index in [9.17, 15) is 22.4 Å². The number of nitrogens with one attached hydrogen (secondary N) is 1. The van der Waals surface area contributed by atoms with Crippen molar-refractivity contribution in [3.63, 3.8) is 0 Å². The van der Waals surface area contributed by atoms with Crippen molar-refractivity contribution in [3.8, 4) is 22.8 Å². The average Bonchev–Trinajstić information content (AvgIpc) is 3.47. The molecular formula is C33H34F4N6O2S. The summed E-state index contributed by atoms with van der Waals surface area (Å²) in [4.78, 5) is 24.1. The number of carbonyl (C=O) groups is 1. The van der Waals surface area contributed by atoms with Gasteiger partial charge >= 0.3 is 12.4 Å². The number of benzene rings is 3.